The molecule has 2 amide bonds. The highest BCUT2D eigenvalue weighted by Crippen LogP contribution is 2.21. The molecule has 2 N–H and O–H groups in total. The van der Waals surface area contributed by atoms with Gasteiger partial charge in [0.1, 0.15) is 5.69 Å². The summed E-state index contributed by atoms with van der Waals surface area (Å²) in [5.41, 5.74) is 1.39. The number of benzene rings is 1. The molecule has 0 unspecified atom stereocenters. The number of amides is 2. The second-order valence-electron chi connectivity index (χ2n) is 6.21. The molecule has 1 saturated heterocycles. The number of para-hydroxylation sites is 1. The van der Waals surface area contributed by atoms with Crippen LogP contribution in [0.2, 0.25) is 0 Å². The van der Waals surface area contributed by atoms with Crippen LogP contribution in [0, 0.1) is 5.92 Å². The Balaban J connectivity index is 1.53. The summed E-state index contributed by atoms with van der Waals surface area (Å²) in [6.45, 7) is 0.897. The summed E-state index contributed by atoms with van der Waals surface area (Å²) in [7, 11) is 0. The molecule has 1 fully saturated rings. The highest BCUT2D eigenvalue weighted by Gasteiger charge is 2.38. The van der Waals surface area contributed by atoms with Crippen molar-refractivity contribution >= 4 is 22.7 Å². The molecule has 0 aliphatic carbocycles. The normalized spacial score (nSPS) is 16.2. The number of carbonyl (C=O) groups is 2. The zero-order valence-electron chi connectivity index (χ0n) is 13.4. The number of hydrogen-bond acceptors (Lipinski definition) is 2. The fourth-order valence-electron chi connectivity index (χ4n) is 3.04. The van der Waals surface area contributed by atoms with Gasteiger partial charge in [-0.05, 0) is 30.9 Å². The number of piperidine rings is 1. The third-order valence-corrected chi connectivity index (χ3v) is 4.47. The second-order valence-corrected chi connectivity index (χ2v) is 6.21. The van der Waals surface area contributed by atoms with Crippen molar-refractivity contribution in [3.05, 3.63) is 36.0 Å². The summed E-state index contributed by atoms with van der Waals surface area (Å²) >= 11 is 0. The number of hydrogen-bond donors (Lipinski definition) is 2. The van der Waals surface area contributed by atoms with Crippen LogP contribution in [0.4, 0.5) is 13.2 Å². The molecule has 0 atom stereocenters. The van der Waals surface area contributed by atoms with Crippen molar-refractivity contribution in [2.75, 3.05) is 19.6 Å². The molecule has 8 heteroatoms. The Hall–Kier alpha value is -2.51. The average molecular weight is 353 g/mol. The molecule has 134 valence electrons. The van der Waals surface area contributed by atoms with Gasteiger partial charge in [-0.2, -0.15) is 13.2 Å². The minimum atomic E-state index is -4.85. The Bertz CT molecular complexity index is 744. The fourth-order valence-corrected chi connectivity index (χ4v) is 3.04. The van der Waals surface area contributed by atoms with Crippen LogP contribution in [0.15, 0.2) is 30.3 Å². The van der Waals surface area contributed by atoms with Gasteiger partial charge < -0.3 is 15.2 Å². The average Bonchev–Trinajstić information content (AvgIpc) is 3.02. The monoisotopic (exact) mass is 353 g/mol. The molecule has 1 aromatic heterocycles. The van der Waals surface area contributed by atoms with Gasteiger partial charge in [-0.1, -0.05) is 18.2 Å². The lowest BCUT2D eigenvalue weighted by atomic mass is 9.96. The van der Waals surface area contributed by atoms with Gasteiger partial charge in [0.2, 0.25) is 0 Å². The van der Waals surface area contributed by atoms with Crippen LogP contribution in [0.5, 0.6) is 0 Å². The van der Waals surface area contributed by atoms with E-state index in [1.807, 2.05) is 29.6 Å². The minimum Gasteiger partial charge on any atom is -0.351 e. The number of fused-ring (bicyclic) bond motifs is 1. The number of likely N-dealkylation sites (tertiary alicyclic amines) is 1. The van der Waals surface area contributed by atoms with Crippen LogP contribution in [-0.4, -0.2) is 47.5 Å². The maximum atomic E-state index is 12.5. The first-order valence-electron chi connectivity index (χ1n) is 8.06. The van der Waals surface area contributed by atoms with Crippen molar-refractivity contribution in [2.45, 2.75) is 19.0 Å². The van der Waals surface area contributed by atoms with Gasteiger partial charge in [-0.15, -0.1) is 0 Å². The number of nitrogens with zero attached hydrogens (tertiary/aromatic N) is 1. The molecule has 3 rings (SSSR count). The van der Waals surface area contributed by atoms with Gasteiger partial charge >= 0.3 is 12.1 Å². The van der Waals surface area contributed by atoms with Crippen LogP contribution in [0.3, 0.4) is 0 Å². The first-order valence-corrected chi connectivity index (χ1v) is 8.06. The first kappa shape index (κ1) is 17.3. The Morgan fingerprint density at radius 3 is 2.52 bits per heavy atom. The molecule has 2 aromatic rings. The van der Waals surface area contributed by atoms with Crippen LogP contribution in [0.1, 0.15) is 23.3 Å². The Labute approximate surface area is 142 Å². The highest BCUT2D eigenvalue weighted by atomic mass is 19.4. The summed E-state index contributed by atoms with van der Waals surface area (Å²) in [5, 5.41) is 2.87. The third kappa shape index (κ3) is 3.94. The van der Waals surface area contributed by atoms with E-state index in [2.05, 4.69) is 4.98 Å². The largest absolute Gasteiger partial charge is 0.471 e. The number of carbonyl (C=O) groups excluding carboxylic acids is 2. The maximum absolute atomic E-state index is 12.5. The standard InChI is InChI=1S/C17H18F3N3O2/c18-17(19,20)16(25)21-10-11-5-7-23(8-6-11)15(24)14-9-12-3-1-2-4-13(12)22-14/h1-4,9,11,22H,5-8,10H2,(H,21,25). The number of alkyl halides is 3. The minimum absolute atomic E-state index is 0.0211. The lowest BCUT2D eigenvalue weighted by molar-refractivity contribution is -0.173. The molecule has 0 radical (unpaired) electrons. The molecular formula is C17H18F3N3O2. The summed E-state index contributed by atoms with van der Waals surface area (Å²) in [5.74, 6) is -2.09. The van der Waals surface area contributed by atoms with E-state index in [1.165, 1.54) is 0 Å². The van der Waals surface area contributed by atoms with E-state index in [9.17, 15) is 22.8 Å². The number of H-pyrrole nitrogens is 1. The zero-order chi connectivity index (χ0) is 18.0. The van der Waals surface area contributed by atoms with Crippen molar-refractivity contribution in [1.29, 1.82) is 0 Å². The molecule has 0 bridgehead atoms. The molecular weight excluding hydrogens is 335 g/mol. The SMILES string of the molecule is O=C(c1cc2ccccc2[nH]1)N1CCC(CNC(=O)C(F)(F)F)CC1. The molecule has 1 aliphatic rings. The van der Waals surface area contributed by atoms with E-state index >= 15 is 0 Å². The maximum Gasteiger partial charge on any atom is 0.471 e. The smallest absolute Gasteiger partial charge is 0.351 e. The van der Waals surface area contributed by atoms with Crippen LogP contribution in [-0.2, 0) is 4.79 Å². The second kappa shape index (κ2) is 6.78. The van der Waals surface area contributed by atoms with E-state index in [1.54, 1.807) is 11.0 Å². The van der Waals surface area contributed by atoms with Gasteiger partial charge in [-0.25, -0.2) is 0 Å². The van der Waals surface area contributed by atoms with Crippen molar-refractivity contribution < 1.29 is 22.8 Å². The van der Waals surface area contributed by atoms with Gasteiger partial charge in [0, 0.05) is 30.5 Å². The molecule has 2 heterocycles. The van der Waals surface area contributed by atoms with Gasteiger partial charge in [0.05, 0.1) is 0 Å². The topological polar surface area (TPSA) is 65.2 Å². The lowest BCUT2D eigenvalue weighted by Gasteiger charge is -2.31. The predicted molar refractivity (Wildman–Crippen MR) is 86.0 cm³/mol. The van der Waals surface area contributed by atoms with Crippen LogP contribution >= 0.6 is 0 Å². The number of rotatable bonds is 3. The predicted octanol–water partition coefficient (Wildman–Crippen LogP) is 2.70. The zero-order valence-corrected chi connectivity index (χ0v) is 13.4. The number of aromatic nitrogens is 1. The van der Waals surface area contributed by atoms with Crippen molar-refractivity contribution in [1.82, 2.24) is 15.2 Å². The Morgan fingerprint density at radius 1 is 1.20 bits per heavy atom. The lowest BCUT2D eigenvalue weighted by Crippen LogP contribution is -2.44. The van der Waals surface area contributed by atoms with E-state index in [4.69, 9.17) is 0 Å². The fraction of sp³-hybridized carbons (Fsp3) is 0.412. The van der Waals surface area contributed by atoms with Gasteiger partial charge in [-0.3, -0.25) is 9.59 Å². The molecule has 5 nitrogen and oxygen atoms in total. The molecule has 0 saturated carbocycles. The summed E-state index contributed by atoms with van der Waals surface area (Å²) < 4.78 is 36.5. The first-order chi connectivity index (χ1) is 11.8. The molecule has 1 aromatic carbocycles. The third-order valence-electron chi connectivity index (χ3n) is 4.47. The number of nitrogens with one attached hydrogen (secondary N) is 2. The highest BCUT2D eigenvalue weighted by molar-refractivity contribution is 5.98. The number of halogens is 3. The van der Waals surface area contributed by atoms with Crippen molar-refractivity contribution in [2.24, 2.45) is 5.92 Å². The number of aromatic amines is 1. The summed E-state index contributed by atoms with van der Waals surface area (Å²) in [6, 6.07) is 9.38. The van der Waals surface area contributed by atoms with Crippen molar-refractivity contribution in [3.8, 4) is 0 Å². The quantitative estimate of drug-likeness (QED) is 0.891. The molecule has 25 heavy (non-hydrogen) atoms. The van der Waals surface area contributed by atoms with E-state index < -0.39 is 12.1 Å². The van der Waals surface area contributed by atoms with E-state index in [0.717, 1.165) is 10.9 Å². The van der Waals surface area contributed by atoms with E-state index in [-0.39, 0.29) is 18.4 Å². The molecule has 0 spiro atoms. The summed E-state index contributed by atoms with van der Waals surface area (Å²) in [4.78, 5) is 28.2. The van der Waals surface area contributed by atoms with Crippen LogP contribution < -0.4 is 5.32 Å². The van der Waals surface area contributed by atoms with E-state index in [0.29, 0.717) is 31.6 Å². The van der Waals surface area contributed by atoms with Gasteiger partial charge in [0.15, 0.2) is 0 Å². The summed E-state index contributed by atoms with van der Waals surface area (Å²) in [6.07, 6.45) is -3.74. The molecule has 1 aliphatic heterocycles. The van der Waals surface area contributed by atoms with Crippen molar-refractivity contribution in [3.63, 3.8) is 0 Å². The Morgan fingerprint density at radius 2 is 1.88 bits per heavy atom. The van der Waals surface area contributed by atoms with Gasteiger partial charge in [0.25, 0.3) is 5.91 Å². The van der Waals surface area contributed by atoms with Crippen LogP contribution in [0.25, 0.3) is 10.9 Å². The Kier molecular flexibility index (Phi) is 4.69.